The monoisotopic (exact) mass is 874 g/mol. The maximum Gasteiger partial charge on any atom is 0.0541 e. The second kappa shape index (κ2) is 15.3. The van der Waals surface area contributed by atoms with Gasteiger partial charge < -0.3 is 9.13 Å². The Labute approximate surface area is 394 Å². The summed E-state index contributed by atoms with van der Waals surface area (Å²) < 4.78 is 7.60. The zero-order valence-corrected chi connectivity index (χ0v) is 38.3. The van der Waals surface area contributed by atoms with Crippen molar-refractivity contribution >= 4 is 76.4 Å². The molecular formula is C64H46N2S. The first-order chi connectivity index (χ1) is 32.9. The third-order valence-electron chi connectivity index (χ3n) is 14.3. The molecule has 67 heavy (non-hydrogen) atoms. The summed E-state index contributed by atoms with van der Waals surface area (Å²) in [5.74, 6) is 0. The first-order valence-electron chi connectivity index (χ1n) is 23.3. The van der Waals surface area contributed by atoms with Crippen LogP contribution in [-0.4, -0.2) is 9.13 Å². The number of allylic oxidation sites excluding steroid dienone is 1. The molecule has 0 saturated heterocycles. The number of fused-ring (bicyclic) bond motifs is 11. The second-order valence-electron chi connectivity index (χ2n) is 18.5. The van der Waals surface area contributed by atoms with Gasteiger partial charge in [-0.15, -0.1) is 11.3 Å². The quantitative estimate of drug-likeness (QED) is 0.144. The van der Waals surface area contributed by atoms with Gasteiger partial charge in [0, 0.05) is 64.2 Å². The van der Waals surface area contributed by atoms with E-state index >= 15 is 0 Å². The number of hydrogen-bond acceptors (Lipinski definition) is 1. The first-order valence-corrected chi connectivity index (χ1v) is 24.1. The van der Waals surface area contributed by atoms with Gasteiger partial charge in [0.15, 0.2) is 0 Å². The fourth-order valence-corrected chi connectivity index (χ4v) is 12.4. The Kier molecular flexibility index (Phi) is 9.00. The van der Waals surface area contributed by atoms with Gasteiger partial charge in [-0.2, -0.15) is 0 Å². The molecule has 0 atom stereocenters. The van der Waals surface area contributed by atoms with Crippen LogP contribution in [0, 0.1) is 0 Å². The molecule has 1 aliphatic carbocycles. The molecule has 3 heteroatoms. The first kappa shape index (κ1) is 39.4. The molecule has 0 radical (unpaired) electrons. The molecule has 3 heterocycles. The SMILES string of the molecule is C=Cc1c(/C=C\Cc2ccc3c(c2)c2ccccc2n3-c2ccc3c(c2)C(C)(C)c2ccc4c(sc5ccccc54)c2-3)c2ccccc2n1-c1cc(-c2ccccc2)cc(-c2ccccc2)c1. The molecule has 0 spiro atoms. The molecule has 0 N–H and O–H groups in total. The maximum atomic E-state index is 4.39. The molecular weight excluding hydrogens is 829 g/mol. The molecule has 3 aromatic heterocycles. The molecule has 12 aromatic rings. The van der Waals surface area contributed by atoms with E-state index in [1.807, 2.05) is 17.4 Å². The van der Waals surface area contributed by atoms with Crippen molar-refractivity contribution in [1.29, 1.82) is 0 Å². The van der Waals surface area contributed by atoms with Crippen molar-refractivity contribution in [2.75, 3.05) is 0 Å². The fourth-order valence-electron chi connectivity index (χ4n) is 11.1. The Bertz CT molecular complexity index is 3930. The summed E-state index contributed by atoms with van der Waals surface area (Å²) in [6.07, 6.45) is 7.44. The van der Waals surface area contributed by atoms with Crippen molar-refractivity contribution in [3.05, 3.63) is 241 Å². The molecule has 9 aromatic carbocycles. The lowest BCUT2D eigenvalue weighted by Crippen LogP contribution is -2.15. The van der Waals surface area contributed by atoms with E-state index in [0.29, 0.717) is 0 Å². The maximum absolute atomic E-state index is 4.39. The lowest BCUT2D eigenvalue weighted by atomic mass is 9.82. The number of benzene rings is 9. The molecule has 2 nitrogen and oxygen atoms in total. The highest BCUT2D eigenvalue weighted by molar-refractivity contribution is 7.26. The third-order valence-corrected chi connectivity index (χ3v) is 15.5. The van der Waals surface area contributed by atoms with E-state index in [-0.39, 0.29) is 5.41 Å². The van der Waals surface area contributed by atoms with Gasteiger partial charge in [0.1, 0.15) is 0 Å². The van der Waals surface area contributed by atoms with E-state index in [4.69, 9.17) is 0 Å². The lowest BCUT2D eigenvalue weighted by Gasteiger charge is -2.22. The highest BCUT2D eigenvalue weighted by atomic mass is 32.1. The van der Waals surface area contributed by atoms with Crippen molar-refractivity contribution in [3.8, 4) is 44.8 Å². The number of para-hydroxylation sites is 2. The van der Waals surface area contributed by atoms with Gasteiger partial charge in [-0.1, -0.05) is 172 Å². The Morgan fingerprint density at radius 2 is 1.13 bits per heavy atom. The van der Waals surface area contributed by atoms with Crippen LogP contribution in [0.1, 0.15) is 41.8 Å². The largest absolute Gasteiger partial charge is 0.309 e. The van der Waals surface area contributed by atoms with Crippen LogP contribution < -0.4 is 0 Å². The van der Waals surface area contributed by atoms with Crippen LogP contribution in [0.4, 0.5) is 0 Å². The van der Waals surface area contributed by atoms with Gasteiger partial charge in [-0.25, -0.2) is 0 Å². The zero-order valence-electron chi connectivity index (χ0n) is 37.5. The molecule has 0 aliphatic heterocycles. The standard InChI is InChI=1S/C64H46N2S/c1-4-57-48(49-23-11-14-27-58(49)66(57)47-38-44(42-19-7-5-8-20-42)37-45(39-47)43-21-9-6-10-22-43)26-17-18-41-30-35-60-54(36-41)50-24-12-15-28-59(50)65(60)46-31-32-53-56(40-46)64(2,3)55-34-33-52-51-25-13-16-29-61(51)67-63(52)62(53)55/h4-17,19-40H,1,18H2,2-3H3/b26-17-. The highest BCUT2D eigenvalue weighted by Gasteiger charge is 2.37. The summed E-state index contributed by atoms with van der Waals surface area (Å²) >= 11 is 1.93. The predicted molar refractivity (Wildman–Crippen MR) is 288 cm³/mol. The van der Waals surface area contributed by atoms with Gasteiger partial charge in [0.25, 0.3) is 0 Å². The van der Waals surface area contributed by atoms with Crippen LogP contribution in [-0.2, 0) is 11.8 Å². The van der Waals surface area contributed by atoms with Crippen molar-refractivity contribution in [2.24, 2.45) is 0 Å². The van der Waals surface area contributed by atoms with Gasteiger partial charge in [-0.05, 0) is 118 Å². The highest BCUT2D eigenvalue weighted by Crippen LogP contribution is 2.54. The molecule has 318 valence electrons. The zero-order chi connectivity index (χ0) is 44.8. The minimum absolute atomic E-state index is 0.127. The number of rotatable bonds is 8. The summed E-state index contributed by atoms with van der Waals surface area (Å²) in [5, 5.41) is 6.44. The lowest BCUT2D eigenvalue weighted by molar-refractivity contribution is 0.660. The Morgan fingerprint density at radius 1 is 0.493 bits per heavy atom. The number of nitrogens with zero attached hydrogens (tertiary/aromatic N) is 2. The molecule has 0 bridgehead atoms. The number of thiophene rings is 1. The molecule has 13 rings (SSSR count). The topological polar surface area (TPSA) is 9.86 Å². The molecule has 0 unspecified atom stereocenters. The summed E-state index contributed by atoms with van der Waals surface area (Å²) in [4.78, 5) is 0. The van der Waals surface area contributed by atoms with E-state index in [1.165, 1.54) is 109 Å². The van der Waals surface area contributed by atoms with Crippen LogP contribution in [0.2, 0.25) is 0 Å². The molecule has 0 amide bonds. The van der Waals surface area contributed by atoms with E-state index in [2.05, 4.69) is 242 Å². The van der Waals surface area contributed by atoms with Gasteiger partial charge in [0.2, 0.25) is 0 Å². The van der Waals surface area contributed by atoms with Crippen LogP contribution in [0.15, 0.2) is 213 Å². The van der Waals surface area contributed by atoms with Crippen molar-refractivity contribution in [2.45, 2.75) is 25.7 Å². The Balaban J connectivity index is 0.878. The van der Waals surface area contributed by atoms with Crippen LogP contribution in [0.25, 0.3) is 110 Å². The smallest absolute Gasteiger partial charge is 0.0541 e. The normalized spacial score (nSPS) is 13.1. The van der Waals surface area contributed by atoms with E-state index in [1.54, 1.807) is 0 Å². The van der Waals surface area contributed by atoms with Crippen LogP contribution >= 0.6 is 11.3 Å². The van der Waals surface area contributed by atoms with Crippen LogP contribution in [0.5, 0.6) is 0 Å². The molecule has 0 fully saturated rings. The Morgan fingerprint density at radius 3 is 1.87 bits per heavy atom. The summed E-state index contributed by atoms with van der Waals surface area (Å²) in [5.41, 5.74) is 19.6. The number of aromatic nitrogens is 2. The molecule has 1 aliphatic rings. The van der Waals surface area contributed by atoms with E-state index < -0.39 is 0 Å². The predicted octanol–water partition coefficient (Wildman–Crippen LogP) is 17.6. The average Bonchev–Trinajstić information content (AvgIpc) is 4.09. The van der Waals surface area contributed by atoms with Crippen molar-refractivity contribution in [1.82, 2.24) is 9.13 Å². The van der Waals surface area contributed by atoms with Gasteiger partial charge in [0.05, 0.1) is 22.2 Å². The summed E-state index contributed by atoms with van der Waals surface area (Å²) in [7, 11) is 0. The summed E-state index contributed by atoms with van der Waals surface area (Å²) in [6, 6.07) is 73.7. The van der Waals surface area contributed by atoms with Crippen molar-refractivity contribution < 1.29 is 0 Å². The summed E-state index contributed by atoms with van der Waals surface area (Å²) in [6.45, 7) is 9.18. The van der Waals surface area contributed by atoms with Crippen LogP contribution in [0.3, 0.4) is 0 Å². The van der Waals surface area contributed by atoms with E-state index in [0.717, 1.165) is 23.3 Å². The minimum atomic E-state index is -0.127. The number of hydrogen-bond donors (Lipinski definition) is 0. The van der Waals surface area contributed by atoms with Gasteiger partial charge in [-0.3, -0.25) is 0 Å². The average molecular weight is 875 g/mol. The van der Waals surface area contributed by atoms with E-state index in [9.17, 15) is 0 Å². The molecule has 0 saturated carbocycles. The fraction of sp³-hybridized carbons (Fsp3) is 0.0625. The minimum Gasteiger partial charge on any atom is -0.309 e. The van der Waals surface area contributed by atoms with Gasteiger partial charge >= 0.3 is 0 Å². The third kappa shape index (κ3) is 6.15. The van der Waals surface area contributed by atoms with Crippen molar-refractivity contribution in [3.63, 3.8) is 0 Å². The second-order valence-corrected chi connectivity index (χ2v) is 19.5. The Hall–Kier alpha value is -7.98.